The van der Waals surface area contributed by atoms with Crippen molar-refractivity contribution in [3.63, 3.8) is 0 Å². The standard InChI is InChI=1S/C24H22FN5O4S/c1-13-22(14(2)30(29-13)12-15-4-7-17(8-5-15)35(3,33)34)28-24(32)19-11-21(23(26)31)27-20-10-16(25)6-9-18(19)20/h4-11H,12H2,1-3H3,(H2,26,31)(H,28,32). The highest BCUT2D eigenvalue weighted by molar-refractivity contribution is 7.90. The smallest absolute Gasteiger partial charge is 0.267 e. The second-order valence-corrected chi connectivity index (χ2v) is 10.2. The Balaban J connectivity index is 1.65. The fourth-order valence-electron chi connectivity index (χ4n) is 3.74. The van der Waals surface area contributed by atoms with Crippen LogP contribution in [0, 0.1) is 19.7 Å². The second kappa shape index (κ2) is 8.91. The molecule has 0 spiro atoms. The molecule has 0 fully saturated rings. The number of anilines is 1. The maximum atomic E-state index is 13.7. The first kappa shape index (κ1) is 24.0. The summed E-state index contributed by atoms with van der Waals surface area (Å²) in [5, 5.41) is 7.68. The molecule has 0 atom stereocenters. The maximum absolute atomic E-state index is 13.7. The molecule has 2 heterocycles. The van der Waals surface area contributed by atoms with Crippen molar-refractivity contribution in [3.8, 4) is 0 Å². The minimum atomic E-state index is -3.29. The minimum absolute atomic E-state index is 0.117. The molecule has 4 aromatic rings. The molecule has 3 N–H and O–H groups in total. The number of nitrogens with zero attached hydrogens (tertiary/aromatic N) is 3. The number of pyridine rings is 1. The molecule has 0 unspecified atom stereocenters. The van der Waals surface area contributed by atoms with E-state index in [4.69, 9.17) is 5.73 Å². The van der Waals surface area contributed by atoms with E-state index >= 15 is 0 Å². The van der Waals surface area contributed by atoms with Gasteiger partial charge in [0.1, 0.15) is 11.5 Å². The van der Waals surface area contributed by atoms with Gasteiger partial charge in [0.25, 0.3) is 11.8 Å². The lowest BCUT2D eigenvalue weighted by atomic mass is 10.1. The third-order valence-corrected chi connectivity index (χ3v) is 6.70. The van der Waals surface area contributed by atoms with Crippen LogP contribution in [0.3, 0.4) is 0 Å². The van der Waals surface area contributed by atoms with Gasteiger partial charge in [-0.05, 0) is 49.7 Å². The third-order valence-electron chi connectivity index (χ3n) is 5.57. The lowest BCUT2D eigenvalue weighted by Gasteiger charge is -2.10. The summed E-state index contributed by atoms with van der Waals surface area (Å²) in [5.74, 6) is -1.93. The van der Waals surface area contributed by atoms with Crippen molar-refractivity contribution in [1.82, 2.24) is 14.8 Å². The van der Waals surface area contributed by atoms with Crippen molar-refractivity contribution in [2.45, 2.75) is 25.3 Å². The van der Waals surface area contributed by atoms with Gasteiger partial charge in [0, 0.05) is 17.7 Å². The quantitative estimate of drug-likeness (QED) is 0.422. The molecule has 0 bridgehead atoms. The summed E-state index contributed by atoms with van der Waals surface area (Å²) >= 11 is 0. The Morgan fingerprint density at radius 2 is 1.77 bits per heavy atom. The van der Waals surface area contributed by atoms with E-state index in [9.17, 15) is 22.4 Å². The molecule has 2 aromatic heterocycles. The molecule has 0 aliphatic carbocycles. The van der Waals surface area contributed by atoms with E-state index in [-0.39, 0.29) is 21.7 Å². The molecule has 0 saturated heterocycles. The minimum Gasteiger partial charge on any atom is -0.364 e. The van der Waals surface area contributed by atoms with E-state index in [2.05, 4.69) is 15.4 Å². The monoisotopic (exact) mass is 495 g/mol. The van der Waals surface area contributed by atoms with Crippen molar-refractivity contribution >= 4 is 38.2 Å². The molecule has 180 valence electrons. The van der Waals surface area contributed by atoms with Crippen molar-refractivity contribution < 1.29 is 22.4 Å². The number of aromatic nitrogens is 3. The molecular formula is C24H22FN5O4S. The van der Waals surface area contributed by atoms with E-state index in [1.54, 1.807) is 30.7 Å². The average molecular weight is 496 g/mol. The molecule has 35 heavy (non-hydrogen) atoms. The van der Waals surface area contributed by atoms with Crippen LogP contribution in [-0.4, -0.2) is 41.3 Å². The van der Waals surface area contributed by atoms with Crippen molar-refractivity contribution in [3.05, 3.63) is 82.6 Å². The molecule has 2 amide bonds. The van der Waals surface area contributed by atoms with Crippen LogP contribution in [0.25, 0.3) is 10.9 Å². The normalized spacial score (nSPS) is 11.5. The van der Waals surface area contributed by atoms with E-state index in [1.807, 2.05) is 0 Å². The summed E-state index contributed by atoms with van der Waals surface area (Å²) in [5.41, 5.74) is 7.98. The Bertz CT molecular complexity index is 1590. The number of amides is 2. The zero-order valence-corrected chi connectivity index (χ0v) is 20.0. The first-order valence-electron chi connectivity index (χ1n) is 10.5. The van der Waals surface area contributed by atoms with Crippen molar-refractivity contribution in [2.75, 3.05) is 11.6 Å². The van der Waals surface area contributed by atoms with Gasteiger partial charge in [0.2, 0.25) is 0 Å². The molecule has 0 aliphatic heterocycles. The number of carbonyl (C=O) groups excluding carboxylic acids is 2. The van der Waals surface area contributed by atoms with Gasteiger partial charge in [-0.3, -0.25) is 14.3 Å². The SMILES string of the molecule is Cc1nn(Cc2ccc(S(C)(=O)=O)cc2)c(C)c1NC(=O)c1cc(C(N)=O)nc2cc(F)ccc12. The number of primary amides is 1. The van der Waals surface area contributed by atoms with E-state index in [0.29, 0.717) is 29.0 Å². The van der Waals surface area contributed by atoms with Crippen LogP contribution in [0.4, 0.5) is 10.1 Å². The predicted octanol–water partition coefficient (Wildman–Crippen LogP) is 2.99. The second-order valence-electron chi connectivity index (χ2n) is 8.15. The molecule has 4 rings (SSSR count). The van der Waals surface area contributed by atoms with Crippen LogP contribution in [-0.2, 0) is 16.4 Å². The van der Waals surface area contributed by atoms with Crippen LogP contribution in [0.2, 0.25) is 0 Å². The number of halogens is 1. The zero-order valence-electron chi connectivity index (χ0n) is 19.2. The topological polar surface area (TPSA) is 137 Å². The fraction of sp³-hybridized carbons (Fsp3) is 0.167. The van der Waals surface area contributed by atoms with Gasteiger partial charge in [0.05, 0.1) is 39.6 Å². The molecule has 0 aliphatic rings. The highest BCUT2D eigenvalue weighted by Gasteiger charge is 2.20. The Labute approximate surface area is 200 Å². The summed E-state index contributed by atoms with van der Waals surface area (Å²) in [6, 6.07) is 11.5. The van der Waals surface area contributed by atoms with Gasteiger partial charge in [-0.1, -0.05) is 12.1 Å². The average Bonchev–Trinajstić information content (AvgIpc) is 3.05. The first-order chi connectivity index (χ1) is 16.4. The number of hydrogen-bond acceptors (Lipinski definition) is 6. The molecule has 11 heteroatoms. The Morgan fingerprint density at radius 3 is 2.40 bits per heavy atom. The molecule has 9 nitrogen and oxygen atoms in total. The van der Waals surface area contributed by atoms with Gasteiger partial charge >= 0.3 is 0 Å². The number of sulfone groups is 1. The lowest BCUT2D eigenvalue weighted by Crippen LogP contribution is -2.18. The zero-order chi connectivity index (χ0) is 25.5. The largest absolute Gasteiger partial charge is 0.364 e. The van der Waals surface area contributed by atoms with E-state index in [0.717, 1.165) is 17.9 Å². The molecule has 2 aromatic carbocycles. The predicted molar refractivity (Wildman–Crippen MR) is 129 cm³/mol. The van der Waals surface area contributed by atoms with Crippen LogP contribution in [0.15, 0.2) is 53.4 Å². The molecule has 0 saturated carbocycles. The van der Waals surface area contributed by atoms with Gasteiger partial charge in [-0.2, -0.15) is 5.10 Å². The van der Waals surface area contributed by atoms with Gasteiger partial charge in [-0.15, -0.1) is 0 Å². The summed E-state index contributed by atoms with van der Waals surface area (Å²) in [6.07, 6.45) is 1.15. The summed E-state index contributed by atoms with van der Waals surface area (Å²) in [7, 11) is -3.29. The number of rotatable bonds is 6. The summed E-state index contributed by atoms with van der Waals surface area (Å²) in [6.45, 7) is 3.88. The fourth-order valence-corrected chi connectivity index (χ4v) is 4.37. The van der Waals surface area contributed by atoms with Crippen LogP contribution >= 0.6 is 0 Å². The first-order valence-corrected chi connectivity index (χ1v) is 12.4. The van der Waals surface area contributed by atoms with Crippen molar-refractivity contribution in [2.24, 2.45) is 5.73 Å². The van der Waals surface area contributed by atoms with Crippen LogP contribution in [0.5, 0.6) is 0 Å². The Morgan fingerprint density at radius 1 is 1.09 bits per heavy atom. The van der Waals surface area contributed by atoms with Gasteiger partial charge in [-0.25, -0.2) is 17.8 Å². The maximum Gasteiger partial charge on any atom is 0.267 e. The van der Waals surface area contributed by atoms with Gasteiger partial charge in [0.15, 0.2) is 9.84 Å². The lowest BCUT2D eigenvalue weighted by molar-refractivity contribution is 0.0996. The Kier molecular flexibility index (Phi) is 6.12. The summed E-state index contributed by atoms with van der Waals surface area (Å²) < 4.78 is 38.8. The van der Waals surface area contributed by atoms with Crippen LogP contribution in [0.1, 0.15) is 37.8 Å². The number of nitrogens with one attached hydrogen (secondary N) is 1. The number of fused-ring (bicyclic) bond motifs is 1. The number of hydrogen-bond donors (Lipinski definition) is 2. The number of nitrogens with two attached hydrogens (primary N) is 1. The third kappa shape index (κ3) is 4.90. The highest BCUT2D eigenvalue weighted by Crippen LogP contribution is 2.25. The Hall–Kier alpha value is -4.12. The number of aryl methyl sites for hydroxylation is 1. The van der Waals surface area contributed by atoms with E-state index in [1.165, 1.54) is 30.3 Å². The molecular weight excluding hydrogens is 473 g/mol. The summed E-state index contributed by atoms with van der Waals surface area (Å²) in [4.78, 5) is 29.2. The number of carbonyl (C=O) groups is 2. The molecule has 0 radical (unpaired) electrons. The highest BCUT2D eigenvalue weighted by atomic mass is 32.2. The van der Waals surface area contributed by atoms with E-state index < -0.39 is 27.5 Å². The van der Waals surface area contributed by atoms with Gasteiger partial charge < -0.3 is 11.1 Å². The van der Waals surface area contributed by atoms with Crippen molar-refractivity contribution in [1.29, 1.82) is 0 Å². The van der Waals surface area contributed by atoms with Crippen LogP contribution < -0.4 is 11.1 Å². The number of benzene rings is 2.